The average Bonchev–Trinajstić information content (AvgIpc) is 3.29. The van der Waals surface area contributed by atoms with Crippen LogP contribution < -0.4 is 15.5 Å². The molecular weight excluding hydrogens is 446 g/mol. The third kappa shape index (κ3) is 5.62. The molecule has 0 saturated carbocycles. The summed E-state index contributed by atoms with van der Waals surface area (Å²) in [5.74, 6) is -0.519. The standard InChI is InChI=1S/C24H26F2N4S2/c1-17(27-24(31)28-20-5-2-4-19(26)16-20)23(22-6-3-15-32-22)30-13-11-29(12-14-30)21-9-7-18(25)8-10-21/h2-10,15-17,23H,11-14H2,1H3,(H2,27,28,31). The fraction of sp³-hybridized carbons (Fsp3) is 0.292. The van der Waals surface area contributed by atoms with Crippen molar-refractivity contribution in [3.63, 3.8) is 0 Å². The Morgan fingerprint density at radius 2 is 1.72 bits per heavy atom. The topological polar surface area (TPSA) is 30.5 Å². The van der Waals surface area contributed by atoms with Crippen LogP contribution in [-0.4, -0.2) is 42.2 Å². The van der Waals surface area contributed by atoms with Crippen molar-refractivity contribution in [3.8, 4) is 0 Å². The van der Waals surface area contributed by atoms with E-state index in [0.717, 1.165) is 31.9 Å². The number of rotatable bonds is 6. The summed E-state index contributed by atoms with van der Waals surface area (Å²) in [6.45, 7) is 5.63. The fourth-order valence-corrected chi connectivity index (χ4v) is 5.40. The van der Waals surface area contributed by atoms with Gasteiger partial charge in [-0.05, 0) is 73.1 Å². The van der Waals surface area contributed by atoms with E-state index in [9.17, 15) is 8.78 Å². The van der Waals surface area contributed by atoms with Crippen molar-refractivity contribution < 1.29 is 8.78 Å². The molecule has 8 heteroatoms. The second kappa shape index (κ2) is 10.4. The minimum Gasteiger partial charge on any atom is -0.369 e. The SMILES string of the molecule is CC(NC(=S)Nc1cccc(F)c1)C(c1cccs1)N1CCN(c2ccc(F)cc2)CC1. The third-order valence-electron chi connectivity index (χ3n) is 5.65. The van der Waals surface area contributed by atoms with E-state index in [4.69, 9.17) is 12.2 Å². The molecule has 2 aromatic carbocycles. The average molecular weight is 473 g/mol. The monoisotopic (exact) mass is 472 g/mol. The highest BCUT2D eigenvalue weighted by Crippen LogP contribution is 2.30. The van der Waals surface area contributed by atoms with Gasteiger partial charge < -0.3 is 15.5 Å². The number of piperazine rings is 1. The lowest BCUT2D eigenvalue weighted by atomic mass is 10.0. The molecule has 1 aliphatic rings. The molecule has 2 N–H and O–H groups in total. The van der Waals surface area contributed by atoms with Crippen LogP contribution in [0.15, 0.2) is 66.0 Å². The lowest BCUT2D eigenvalue weighted by molar-refractivity contribution is 0.163. The van der Waals surface area contributed by atoms with Gasteiger partial charge in [0.15, 0.2) is 5.11 Å². The molecule has 4 rings (SSSR count). The molecule has 0 spiro atoms. The Hall–Kier alpha value is -2.55. The summed E-state index contributed by atoms with van der Waals surface area (Å²) in [6, 6.07) is 17.4. The minimum atomic E-state index is -0.304. The number of thiophene rings is 1. The van der Waals surface area contributed by atoms with Crippen LogP contribution in [0.25, 0.3) is 0 Å². The summed E-state index contributed by atoms with van der Waals surface area (Å²) in [4.78, 5) is 6.03. The normalized spacial score (nSPS) is 16.4. The second-order valence-electron chi connectivity index (χ2n) is 7.86. The van der Waals surface area contributed by atoms with E-state index in [1.165, 1.54) is 29.1 Å². The number of nitrogens with zero attached hydrogens (tertiary/aromatic N) is 2. The van der Waals surface area contributed by atoms with Gasteiger partial charge in [0.2, 0.25) is 0 Å². The Morgan fingerprint density at radius 3 is 2.38 bits per heavy atom. The number of nitrogens with one attached hydrogen (secondary N) is 2. The lowest BCUT2D eigenvalue weighted by Gasteiger charge is -2.42. The second-order valence-corrected chi connectivity index (χ2v) is 9.24. The van der Waals surface area contributed by atoms with Gasteiger partial charge in [-0.25, -0.2) is 8.78 Å². The maximum absolute atomic E-state index is 13.5. The van der Waals surface area contributed by atoms with Gasteiger partial charge in [0.1, 0.15) is 11.6 Å². The summed E-state index contributed by atoms with van der Waals surface area (Å²) >= 11 is 7.23. The van der Waals surface area contributed by atoms with Gasteiger partial charge in [0, 0.05) is 48.5 Å². The zero-order chi connectivity index (χ0) is 22.5. The molecule has 0 amide bonds. The van der Waals surface area contributed by atoms with Gasteiger partial charge in [0.05, 0.1) is 6.04 Å². The molecule has 2 unspecified atom stereocenters. The van der Waals surface area contributed by atoms with Crippen LogP contribution in [0.5, 0.6) is 0 Å². The van der Waals surface area contributed by atoms with Gasteiger partial charge in [-0.15, -0.1) is 11.3 Å². The number of anilines is 2. The van der Waals surface area contributed by atoms with Crippen molar-refractivity contribution in [1.29, 1.82) is 0 Å². The highest BCUT2D eigenvalue weighted by Gasteiger charge is 2.30. The van der Waals surface area contributed by atoms with Crippen LogP contribution in [0, 0.1) is 11.6 Å². The van der Waals surface area contributed by atoms with Gasteiger partial charge in [0.25, 0.3) is 0 Å². The molecule has 2 atom stereocenters. The number of hydrogen-bond acceptors (Lipinski definition) is 4. The molecule has 0 aliphatic carbocycles. The first kappa shape index (κ1) is 22.6. The number of halogens is 2. The summed E-state index contributed by atoms with van der Waals surface area (Å²) in [5, 5.41) is 9.02. The highest BCUT2D eigenvalue weighted by molar-refractivity contribution is 7.80. The van der Waals surface area contributed by atoms with Gasteiger partial charge in [-0.3, -0.25) is 4.90 Å². The molecule has 3 aromatic rings. The number of benzene rings is 2. The quantitative estimate of drug-likeness (QED) is 0.478. The van der Waals surface area contributed by atoms with E-state index in [-0.39, 0.29) is 23.7 Å². The third-order valence-corrected chi connectivity index (χ3v) is 6.81. The lowest BCUT2D eigenvalue weighted by Crippen LogP contribution is -2.52. The number of thiocarbonyl (C=S) groups is 1. The smallest absolute Gasteiger partial charge is 0.171 e. The number of hydrogen-bond donors (Lipinski definition) is 2. The predicted molar refractivity (Wildman–Crippen MR) is 132 cm³/mol. The Labute approximate surface area is 196 Å². The first-order chi connectivity index (χ1) is 15.5. The Balaban J connectivity index is 1.41. The van der Waals surface area contributed by atoms with Crippen LogP contribution in [0.2, 0.25) is 0 Å². The summed E-state index contributed by atoms with van der Waals surface area (Å²) in [5.41, 5.74) is 1.67. The fourth-order valence-electron chi connectivity index (χ4n) is 4.13. The molecule has 1 saturated heterocycles. The van der Waals surface area contributed by atoms with Gasteiger partial charge >= 0.3 is 0 Å². The highest BCUT2D eigenvalue weighted by atomic mass is 32.1. The molecular formula is C24H26F2N4S2. The van der Waals surface area contributed by atoms with E-state index in [0.29, 0.717) is 10.8 Å². The van der Waals surface area contributed by atoms with Gasteiger partial charge in [-0.2, -0.15) is 0 Å². The molecule has 32 heavy (non-hydrogen) atoms. The largest absolute Gasteiger partial charge is 0.369 e. The molecule has 1 aromatic heterocycles. The molecule has 1 aliphatic heterocycles. The van der Waals surface area contributed by atoms with Crippen molar-refractivity contribution in [2.45, 2.75) is 19.0 Å². The van der Waals surface area contributed by atoms with Gasteiger partial charge in [-0.1, -0.05) is 12.1 Å². The van der Waals surface area contributed by atoms with Crippen LogP contribution >= 0.6 is 23.6 Å². The Kier molecular flexibility index (Phi) is 7.34. The molecule has 0 radical (unpaired) electrons. The Morgan fingerprint density at radius 1 is 0.969 bits per heavy atom. The van der Waals surface area contributed by atoms with E-state index in [1.54, 1.807) is 23.5 Å². The molecule has 2 heterocycles. The van der Waals surface area contributed by atoms with Crippen LogP contribution in [0.1, 0.15) is 17.8 Å². The molecule has 4 nitrogen and oxygen atoms in total. The zero-order valence-electron chi connectivity index (χ0n) is 17.8. The van der Waals surface area contributed by atoms with Crippen LogP contribution in [0.3, 0.4) is 0 Å². The zero-order valence-corrected chi connectivity index (χ0v) is 19.4. The minimum absolute atomic E-state index is 0.0413. The molecule has 1 fully saturated rings. The summed E-state index contributed by atoms with van der Waals surface area (Å²) < 4.78 is 26.7. The molecule has 168 valence electrons. The van der Waals surface area contributed by atoms with Crippen molar-refractivity contribution in [2.24, 2.45) is 0 Å². The van der Waals surface area contributed by atoms with E-state index in [2.05, 4.69) is 44.9 Å². The van der Waals surface area contributed by atoms with Crippen molar-refractivity contribution in [2.75, 3.05) is 36.4 Å². The van der Waals surface area contributed by atoms with Crippen LogP contribution in [0.4, 0.5) is 20.2 Å². The molecule has 0 bridgehead atoms. The maximum atomic E-state index is 13.5. The van der Waals surface area contributed by atoms with Crippen LogP contribution in [-0.2, 0) is 0 Å². The van der Waals surface area contributed by atoms with Crippen molar-refractivity contribution in [3.05, 3.63) is 82.6 Å². The maximum Gasteiger partial charge on any atom is 0.171 e. The van der Waals surface area contributed by atoms with E-state index >= 15 is 0 Å². The van der Waals surface area contributed by atoms with Crippen molar-refractivity contribution in [1.82, 2.24) is 10.2 Å². The first-order valence-electron chi connectivity index (χ1n) is 10.6. The predicted octanol–water partition coefficient (Wildman–Crippen LogP) is 5.26. The van der Waals surface area contributed by atoms with Crippen molar-refractivity contribution >= 4 is 40.0 Å². The first-order valence-corrected chi connectivity index (χ1v) is 11.9. The Bertz CT molecular complexity index is 1020. The summed E-state index contributed by atoms with van der Waals surface area (Å²) in [7, 11) is 0. The summed E-state index contributed by atoms with van der Waals surface area (Å²) in [6.07, 6.45) is 0. The van der Waals surface area contributed by atoms with E-state index in [1.807, 2.05) is 12.1 Å². The van der Waals surface area contributed by atoms with E-state index < -0.39 is 0 Å².